The van der Waals surface area contributed by atoms with E-state index in [0.29, 0.717) is 11.1 Å². The molecule has 5 heteroatoms. The molecular weight excluding hydrogens is 334 g/mol. The Morgan fingerprint density at radius 3 is 2.36 bits per heavy atom. The van der Waals surface area contributed by atoms with Gasteiger partial charge in [0.15, 0.2) is 0 Å². The van der Waals surface area contributed by atoms with E-state index in [0.717, 1.165) is 16.7 Å². The van der Waals surface area contributed by atoms with E-state index in [9.17, 15) is 14.7 Å². The van der Waals surface area contributed by atoms with E-state index in [1.807, 2.05) is 44.2 Å². The molecule has 0 saturated carbocycles. The Balaban J connectivity index is 1.96. The smallest absolute Gasteiger partial charge is 0.256 e. The highest BCUT2D eigenvalue weighted by Crippen LogP contribution is 2.35. The second kappa shape index (κ2) is 6.91. The van der Waals surface area contributed by atoms with Crippen molar-refractivity contribution in [2.24, 2.45) is 0 Å². The van der Waals surface area contributed by atoms with Crippen molar-refractivity contribution in [2.75, 3.05) is 5.32 Å². The van der Waals surface area contributed by atoms with Crippen molar-refractivity contribution in [2.45, 2.75) is 13.8 Å². The number of aryl methyl sites for hydroxylation is 2. The van der Waals surface area contributed by atoms with Crippen LogP contribution in [0.1, 0.15) is 31.8 Å². The fourth-order valence-corrected chi connectivity index (χ4v) is 3.51. The van der Waals surface area contributed by atoms with Crippen LogP contribution in [0.25, 0.3) is 11.1 Å². The largest absolute Gasteiger partial charge is 0.545 e. The van der Waals surface area contributed by atoms with Crippen LogP contribution >= 0.6 is 11.3 Å². The van der Waals surface area contributed by atoms with Crippen LogP contribution in [-0.2, 0) is 0 Å². The van der Waals surface area contributed by atoms with Crippen molar-refractivity contribution in [3.05, 3.63) is 76.2 Å². The van der Waals surface area contributed by atoms with Gasteiger partial charge in [0.25, 0.3) is 5.91 Å². The first kappa shape index (κ1) is 16.9. The minimum absolute atomic E-state index is 0.00913. The third-order valence-electron chi connectivity index (χ3n) is 3.87. The van der Waals surface area contributed by atoms with Crippen molar-refractivity contribution in [1.29, 1.82) is 0 Å². The van der Waals surface area contributed by atoms with Gasteiger partial charge in [-0.25, -0.2) is 0 Å². The molecule has 0 atom stereocenters. The number of carbonyl (C=O) groups excluding carboxylic acids is 2. The summed E-state index contributed by atoms with van der Waals surface area (Å²) in [6.07, 6.45) is 0. The Hall–Kier alpha value is -2.92. The average Bonchev–Trinajstić information content (AvgIpc) is 2.99. The first-order chi connectivity index (χ1) is 12.0. The summed E-state index contributed by atoms with van der Waals surface area (Å²) >= 11 is 1.18. The van der Waals surface area contributed by atoms with E-state index in [1.54, 1.807) is 23.6 Å². The molecule has 0 radical (unpaired) electrons. The number of rotatable bonds is 4. The zero-order valence-electron chi connectivity index (χ0n) is 13.8. The first-order valence-corrected chi connectivity index (χ1v) is 8.61. The number of anilines is 1. The van der Waals surface area contributed by atoms with Gasteiger partial charge in [-0.1, -0.05) is 47.5 Å². The molecule has 126 valence electrons. The minimum Gasteiger partial charge on any atom is -0.545 e. The van der Waals surface area contributed by atoms with E-state index in [1.165, 1.54) is 11.3 Å². The summed E-state index contributed by atoms with van der Waals surface area (Å²) in [7, 11) is 0. The lowest BCUT2D eigenvalue weighted by Gasteiger charge is -2.10. The lowest BCUT2D eigenvalue weighted by atomic mass is 10.0. The molecule has 4 nitrogen and oxygen atoms in total. The first-order valence-electron chi connectivity index (χ1n) is 7.73. The maximum Gasteiger partial charge on any atom is 0.256 e. The number of amides is 1. The molecule has 0 bridgehead atoms. The molecule has 3 aromatic rings. The Morgan fingerprint density at radius 2 is 1.72 bits per heavy atom. The van der Waals surface area contributed by atoms with Crippen LogP contribution in [0.2, 0.25) is 0 Å². The molecule has 25 heavy (non-hydrogen) atoms. The number of nitrogens with one attached hydrogen (secondary N) is 1. The summed E-state index contributed by atoms with van der Waals surface area (Å²) in [6, 6.07) is 14.7. The number of benzene rings is 2. The number of aromatic carboxylic acids is 1. The SMILES string of the molecule is Cc1ccc(-c2csc(NC(=O)c3cccc(C)c3)c2C(=O)[O-])cc1. The summed E-state index contributed by atoms with van der Waals surface area (Å²) in [5.74, 6) is -1.65. The number of hydrogen-bond acceptors (Lipinski definition) is 4. The number of hydrogen-bond donors (Lipinski definition) is 1. The maximum atomic E-state index is 12.4. The fraction of sp³-hybridized carbons (Fsp3) is 0.100. The second-order valence-electron chi connectivity index (χ2n) is 5.83. The Kier molecular flexibility index (Phi) is 4.67. The van der Waals surface area contributed by atoms with Crippen LogP contribution in [0.5, 0.6) is 0 Å². The third-order valence-corrected chi connectivity index (χ3v) is 4.76. The van der Waals surface area contributed by atoms with E-state index < -0.39 is 5.97 Å². The van der Waals surface area contributed by atoms with E-state index >= 15 is 0 Å². The van der Waals surface area contributed by atoms with E-state index in [-0.39, 0.29) is 16.5 Å². The molecule has 3 rings (SSSR count). The molecule has 0 aliphatic heterocycles. The minimum atomic E-state index is -1.31. The van der Waals surface area contributed by atoms with Gasteiger partial charge in [0, 0.05) is 22.1 Å². The molecule has 0 spiro atoms. The van der Waals surface area contributed by atoms with Gasteiger partial charge in [-0.15, -0.1) is 11.3 Å². The Morgan fingerprint density at radius 1 is 1.00 bits per heavy atom. The van der Waals surface area contributed by atoms with Crippen LogP contribution in [0.15, 0.2) is 53.9 Å². The molecule has 0 aliphatic rings. The monoisotopic (exact) mass is 350 g/mol. The van der Waals surface area contributed by atoms with Gasteiger partial charge in [-0.05, 0) is 31.5 Å². The van der Waals surface area contributed by atoms with Crippen molar-refractivity contribution < 1.29 is 14.7 Å². The third kappa shape index (κ3) is 3.61. The van der Waals surface area contributed by atoms with Crippen LogP contribution in [-0.4, -0.2) is 11.9 Å². The van der Waals surface area contributed by atoms with E-state index in [4.69, 9.17) is 0 Å². The Bertz CT molecular complexity index is 942. The van der Waals surface area contributed by atoms with E-state index in [2.05, 4.69) is 5.32 Å². The van der Waals surface area contributed by atoms with Crippen molar-refractivity contribution >= 4 is 28.2 Å². The van der Waals surface area contributed by atoms with Crippen LogP contribution in [0.3, 0.4) is 0 Å². The molecule has 1 amide bonds. The summed E-state index contributed by atoms with van der Waals surface area (Å²) in [5, 5.41) is 16.4. The molecule has 1 aromatic heterocycles. The summed E-state index contributed by atoms with van der Waals surface area (Å²) in [5.41, 5.74) is 3.85. The van der Waals surface area contributed by atoms with Crippen molar-refractivity contribution in [3.63, 3.8) is 0 Å². The zero-order chi connectivity index (χ0) is 18.0. The molecule has 0 saturated heterocycles. The molecule has 0 unspecified atom stereocenters. The summed E-state index contributed by atoms with van der Waals surface area (Å²) in [6.45, 7) is 3.86. The number of carboxylic acid groups (broad SMARTS) is 1. The molecule has 0 fully saturated rings. The Labute approximate surface area is 149 Å². The average molecular weight is 350 g/mol. The highest BCUT2D eigenvalue weighted by Gasteiger charge is 2.17. The van der Waals surface area contributed by atoms with Gasteiger partial charge in [-0.2, -0.15) is 0 Å². The number of carbonyl (C=O) groups is 2. The quantitative estimate of drug-likeness (QED) is 0.781. The predicted molar refractivity (Wildman–Crippen MR) is 98.0 cm³/mol. The van der Waals surface area contributed by atoms with Gasteiger partial charge in [0.2, 0.25) is 0 Å². The summed E-state index contributed by atoms with van der Waals surface area (Å²) in [4.78, 5) is 24.1. The van der Waals surface area contributed by atoms with Gasteiger partial charge in [-0.3, -0.25) is 4.79 Å². The lowest BCUT2D eigenvalue weighted by Crippen LogP contribution is -2.24. The number of carboxylic acids is 1. The highest BCUT2D eigenvalue weighted by molar-refractivity contribution is 7.15. The molecule has 2 aromatic carbocycles. The normalized spacial score (nSPS) is 10.5. The molecule has 1 heterocycles. The zero-order valence-corrected chi connectivity index (χ0v) is 14.6. The summed E-state index contributed by atoms with van der Waals surface area (Å²) < 4.78 is 0. The predicted octanol–water partition coefficient (Wildman–Crippen LogP) is 3.65. The molecule has 0 aliphatic carbocycles. The standard InChI is InChI=1S/C20H17NO3S/c1-12-6-8-14(9-7-12)16-11-25-19(17(16)20(23)24)21-18(22)15-5-3-4-13(2)10-15/h3-11H,1-2H3,(H,21,22)(H,23,24)/p-1. The topological polar surface area (TPSA) is 69.2 Å². The van der Waals surface area contributed by atoms with Crippen LogP contribution < -0.4 is 10.4 Å². The van der Waals surface area contributed by atoms with Gasteiger partial charge >= 0.3 is 0 Å². The van der Waals surface area contributed by atoms with Crippen LogP contribution in [0.4, 0.5) is 5.00 Å². The van der Waals surface area contributed by atoms with Gasteiger partial charge in [0.1, 0.15) is 5.00 Å². The highest BCUT2D eigenvalue weighted by atomic mass is 32.1. The van der Waals surface area contributed by atoms with Gasteiger partial charge in [0.05, 0.1) is 5.97 Å². The lowest BCUT2D eigenvalue weighted by molar-refractivity contribution is -0.254. The molecule has 1 N–H and O–H groups in total. The maximum absolute atomic E-state index is 12.4. The van der Waals surface area contributed by atoms with Gasteiger partial charge < -0.3 is 15.2 Å². The number of thiophene rings is 1. The molecular formula is C20H16NO3S-. The second-order valence-corrected chi connectivity index (χ2v) is 6.71. The fourth-order valence-electron chi connectivity index (χ4n) is 2.56. The van der Waals surface area contributed by atoms with Crippen molar-refractivity contribution in [1.82, 2.24) is 0 Å². The van der Waals surface area contributed by atoms with Crippen LogP contribution in [0, 0.1) is 13.8 Å². The van der Waals surface area contributed by atoms with Crippen molar-refractivity contribution in [3.8, 4) is 11.1 Å².